The average Bonchev–Trinajstić information content (AvgIpc) is 2.78. The summed E-state index contributed by atoms with van der Waals surface area (Å²) in [6, 6.07) is 14.6. The molecule has 0 atom stereocenters. The molecule has 0 aliphatic rings. The van der Waals surface area contributed by atoms with Crippen LogP contribution in [0.4, 0.5) is 18.9 Å². The SMILES string of the molecule is O=c1c2ccccc2nc(-c2cccc(C(F)(F)F)c2)n1N=Cc1ccc(Cl)c([N+](=O)[O-])c1. The molecule has 0 radical (unpaired) electrons. The monoisotopic (exact) mass is 472 g/mol. The minimum atomic E-state index is -4.59. The molecule has 0 saturated carbocycles. The molecule has 0 aliphatic carbocycles. The third-order valence-electron chi connectivity index (χ3n) is 4.69. The zero-order chi connectivity index (χ0) is 23.8. The Kier molecular flexibility index (Phi) is 5.69. The molecule has 0 aliphatic heterocycles. The largest absolute Gasteiger partial charge is 0.416 e. The van der Waals surface area contributed by atoms with Crippen LogP contribution in [-0.4, -0.2) is 20.8 Å². The van der Waals surface area contributed by atoms with Crippen LogP contribution in [0, 0.1) is 10.1 Å². The Morgan fingerprint density at radius 1 is 1.06 bits per heavy atom. The van der Waals surface area contributed by atoms with Crippen molar-refractivity contribution in [1.82, 2.24) is 9.66 Å². The molecule has 0 bridgehead atoms. The molecular formula is C22H12ClF3N4O3. The highest BCUT2D eigenvalue weighted by Gasteiger charge is 2.31. The second-order valence-corrected chi connectivity index (χ2v) is 7.27. The molecule has 0 unspecified atom stereocenters. The Morgan fingerprint density at radius 3 is 2.55 bits per heavy atom. The molecule has 166 valence electrons. The summed E-state index contributed by atoms with van der Waals surface area (Å²) in [7, 11) is 0. The van der Waals surface area contributed by atoms with Crippen LogP contribution in [0.1, 0.15) is 11.1 Å². The van der Waals surface area contributed by atoms with E-state index in [-0.39, 0.29) is 38.6 Å². The first-order valence-electron chi connectivity index (χ1n) is 9.33. The first kappa shape index (κ1) is 22.2. The summed E-state index contributed by atoms with van der Waals surface area (Å²) >= 11 is 5.81. The predicted octanol–water partition coefficient (Wildman–Crippen LogP) is 5.53. The van der Waals surface area contributed by atoms with Gasteiger partial charge >= 0.3 is 6.18 Å². The summed E-state index contributed by atoms with van der Waals surface area (Å²) in [4.78, 5) is 27.9. The predicted molar refractivity (Wildman–Crippen MR) is 118 cm³/mol. The van der Waals surface area contributed by atoms with Crippen molar-refractivity contribution < 1.29 is 18.1 Å². The third kappa shape index (κ3) is 4.46. The van der Waals surface area contributed by atoms with Crippen LogP contribution in [0.5, 0.6) is 0 Å². The second-order valence-electron chi connectivity index (χ2n) is 6.86. The molecule has 0 saturated heterocycles. The smallest absolute Gasteiger partial charge is 0.267 e. The lowest BCUT2D eigenvalue weighted by Crippen LogP contribution is -2.20. The molecule has 1 aromatic heterocycles. The van der Waals surface area contributed by atoms with Gasteiger partial charge in [-0.15, -0.1) is 0 Å². The molecule has 4 rings (SSSR count). The molecule has 7 nitrogen and oxygen atoms in total. The van der Waals surface area contributed by atoms with Crippen LogP contribution in [0.3, 0.4) is 0 Å². The fraction of sp³-hybridized carbons (Fsp3) is 0.0455. The van der Waals surface area contributed by atoms with Gasteiger partial charge in [-0.25, -0.2) is 4.98 Å². The van der Waals surface area contributed by atoms with Gasteiger partial charge in [0.1, 0.15) is 5.02 Å². The van der Waals surface area contributed by atoms with Crippen molar-refractivity contribution in [2.24, 2.45) is 5.10 Å². The van der Waals surface area contributed by atoms with Gasteiger partial charge in [0, 0.05) is 17.2 Å². The van der Waals surface area contributed by atoms with E-state index in [9.17, 15) is 28.1 Å². The highest BCUT2D eigenvalue weighted by Crippen LogP contribution is 2.32. The van der Waals surface area contributed by atoms with Crippen LogP contribution in [0.25, 0.3) is 22.3 Å². The highest BCUT2D eigenvalue weighted by molar-refractivity contribution is 6.32. The molecular weight excluding hydrogens is 461 g/mol. The lowest BCUT2D eigenvalue weighted by molar-refractivity contribution is -0.384. The van der Waals surface area contributed by atoms with Crippen LogP contribution in [0.2, 0.25) is 5.02 Å². The van der Waals surface area contributed by atoms with E-state index in [1.807, 2.05) is 0 Å². The summed E-state index contributed by atoms with van der Waals surface area (Å²) in [6.45, 7) is 0. The van der Waals surface area contributed by atoms with Gasteiger partial charge in [0.05, 0.1) is 27.6 Å². The fourth-order valence-corrected chi connectivity index (χ4v) is 3.31. The maximum Gasteiger partial charge on any atom is 0.416 e. The molecule has 0 amide bonds. The van der Waals surface area contributed by atoms with E-state index in [1.54, 1.807) is 18.2 Å². The number of nitro benzene ring substituents is 1. The number of nitrogens with zero attached hydrogens (tertiary/aromatic N) is 4. The zero-order valence-corrected chi connectivity index (χ0v) is 17.2. The maximum atomic E-state index is 13.2. The summed E-state index contributed by atoms with van der Waals surface area (Å²) < 4.78 is 40.6. The summed E-state index contributed by atoms with van der Waals surface area (Å²) in [5.74, 6) is -0.121. The molecule has 1 heterocycles. The third-order valence-corrected chi connectivity index (χ3v) is 5.01. The van der Waals surface area contributed by atoms with Crippen molar-refractivity contribution in [1.29, 1.82) is 0 Å². The molecule has 0 fully saturated rings. The zero-order valence-electron chi connectivity index (χ0n) is 16.5. The Bertz CT molecular complexity index is 1480. The quantitative estimate of drug-likeness (QED) is 0.222. The Hall–Kier alpha value is -4.05. The summed E-state index contributed by atoms with van der Waals surface area (Å²) in [6.07, 6.45) is -3.43. The number of nitro groups is 1. The number of fused-ring (bicyclic) bond motifs is 1. The van der Waals surface area contributed by atoms with Gasteiger partial charge in [-0.1, -0.05) is 41.9 Å². The fourth-order valence-electron chi connectivity index (χ4n) is 3.13. The number of alkyl halides is 3. The number of hydrogen-bond donors (Lipinski definition) is 0. The van der Waals surface area contributed by atoms with Crippen LogP contribution >= 0.6 is 11.6 Å². The number of hydrogen-bond acceptors (Lipinski definition) is 5. The Labute approximate surface area is 188 Å². The average molecular weight is 473 g/mol. The van der Waals surface area contributed by atoms with Gasteiger partial charge in [0.25, 0.3) is 11.2 Å². The van der Waals surface area contributed by atoms with E-state index >= 15 is 0 Å². The van der Waals surface area contributed by atoms with Crippen molar-refractivity contribution in [2.75, 3.05) is 0 Å². The number of halogens is 4. The highest BCUT2D eigenvalue weighted by atomic mass is 35.5. The molecule has 3 aromatic carbocycles. The van der Waals surface area contributed by atoms with Crippen molar-refractivity contribution in [3.05, 3.63) is 103 Å². The summed E-state index contributed by atoms with van der Waals surface area (Å²) in [5, 5.41) is 15.3. The molecule has 11 heteroatoms. The van der Waals surface area contributed by atoms with Gasteiger partial charge in [-0.3, -0.25) is 14.9 Å². The normalized spacial score (nSPS) is 11.9. The molecule has 33 heavy (non-hydrogen) atoms. The van der Waals surface area contributed by atoms with Gasteiger partial charge in [-0.2, -0.15) is 22.9 Å². The molecule has 4 aromatic rings. The van der Waals surface area contributed by atoms with Crippen LogP contribution in [0.15, 0.2) is 76.6 Å². The molecule has 0 N–H and O–H groups in total. The van der Waals surface area contributed by atoms with Crippen LogP contribution < -0.4 is 5.56 Å². The minimum Gasteiger partial charge on any atom is -0.267 e. The number of para-hydroxylation sites is 1. The van der Waals surface area contributed by atoms with Gasteiger partial charge in [0.2, 0.25) is 0 Å². The number of benzene rings is 3. The van der Waals surface area contributed by atoms with E-state index in [0.717, 1.165) is 29.1 Å². The first-order valence-corrected chi connectivity index (χ1v) is 9.70. The van der Waals surface area contributed by atoms with Crippen molar-refractivity contribution in [3.8, 4) is 11.4 Å². The van der Waals surface area contributed by atoms with Crippen molar-refractivity contribution >= 4 is 34.4 Å². The summed E-state index contributed by atoms with van der Waals surface area (Å²) in [5.41, 5.74) is -1.33. The standard InChI is InChI=1S/C22H12ClF3N4O3/c23-17-9-8-13(10-19(17)30(32)33)12-27-29-20(14-4-3-5-15(11-14)22(24,25)26)28-18-7-2-1-6-16(18)21(29)31/h1-12H. The van der Waals surface area contributed by atoms with Crippen molar-refractivity contribution in [2.45, 2.75) is 6.18 Å². The minimum absolute atomic E-state index is 0.0203. The van der Waals surface area contributed by atoms with E-state index in [2.05, 4.69) is 10.1 Å². The van der Waals surface area contributed by atoms with Gasteiger partial charge < -0.3 is 0 Å². The van der Waals surface area contributed by atoms with E-state index in [4.69, 9.17) is 11.6 Å². The number of rotatable bonds is 4. The van der Waals surface area contributed by atoms with E-state index < -0.39 is 22.2 Å². The second kappa shape index (κ2) is 8.47. The number of aromatic nitrogens is 2. The lowest BCUT2D eigenvalue weighted by Gasteiger charge is -2.12. The van der Waals surface area contributed by atoms with E-state index in [0.29, 0.717) is 0 Å². The van der Waals surface area contributed by atoms with Crippen LogP contribution in [-0.2, 0) is 6.18 Å². The van der Waals surface area contributed by atoms with E-state index in [1.165, 1.54) is 30.3 Å². The Balaban J connectivity index is 1.92. The first-order chi connectivity index (χ1) is 15.6. The van der Waals surface area contributed by atoms with Gasteiger partial charge in [0.15, 0.2) is 5.82 Å². The lowest BCUT2D eigenvalue weighted by atomic mass is 10.1. The Morgan fingerprint density at radius 2 is 1.82 bits per heavy atom. The topological polar surface area (TPSA) is 90.4 Å². The maximum absolute atomic E-state index is 13.2. The molecule has 0 spiro atoms. The van der Waals surface area contributed by atoms with Crippen molar-refractivity contribution in [3.63, 3.8) is 0 Å². The van der Waals surface area contributed by atoms with Gasteiger partial charge in [-0.05, 0) is 30.3 Å².